The van der Waals surface area contributed by atoms with Gasteiger partial charge in [-0.3, -0.25) is 10.1 Å². The predicted molar refractivity (Wildman–Crippen MR) is 57.6 cm³/mol. The molecule has 0 spiro atoms. The zero-order valence-electron chi connectivity index (χ0n) is 7.11. The Labute approximate surface area is 91.1 Å². The van der Waals surface area contributed by atoms with Crippen LogP contribution in [-0.2, 0) is 0 Å². The lowest BCUT2D eigenvalue weighted by atomic mass is 10.2. The van der Waals surface area contributed by atoms with Crippen molar-refractivity contribution in [3.8, 4) is 0 Å². The lowest BCUT2D eigenvalue weighted by Crippen LogP contribution is -1.88. The first-order valence-corrected chi connectivity index (χ1v) is 4.73. The highest BCUT2D eigenvalue weighted by molar-refractivity contribution is 6.49. The first-order chi connectivity index (χ1) is 6.65. The van der Waals surface area contributed by atoms with Crippen LogP contribution < -0.4 is 0 Å². The Morgan fingerprint density at radius 3 is 2.86 bits per heavy atom. The topological polar surface area (TPSA) is 43.1 Å². The number of benzene rings is 1. The molecule has 0 aliphatic heterocycles. The van der Waals surface area contributed by atoms with Gasteiger partial charge in [0.2, 0.25) is 0 Å². The Kier molecular flexibility index (Phi) is 3.92. The van der Waals surface area contributed by atoms with E-state index in [9.17, 15) is 10.1 Å². The molecule has 0 saturated carbocycles. The molecule has 1 aromatic rings. The summed E-state index contributed by atoms with van der Waals surface area (Å²) in [7, 11) is 0. The smallest absolute Gasteiger partial charge is 0.258 e. The van der Waals surface area contributed by atoms with Gasteiger partial charge in [0.15, 0.2) is 0 Å². The highest BCUT2D eigenvalue weighted by Crippen LogP contribution is 2.22. The van der Waals surface area contributed by atoms with Crippen molar-refractivity contribution in [3.05, 3.63) is 46.0 Å². The summed E-state index contributed by atoms with van der Waals surface area (Å²) in [4.78, 5) is 9.99. The molecule has 0 bridgehead atoms. The molecule has 0 radical (unpaired) electrons. The summed E-state index contributed by atoms with van der Waals surface area (Å²) in [6.45, 7) is 0. The van der Waals surface area contributed by atoms with Gasteiger partial charge in [-0.1, -0.05) is 29.8 Å². The molecule has 0 aromatic heterocycles. The van der Waals surface area contributed by atoms with Crippen LogP contribution in [0.15, 0.2) is 30.3 Å². The number of alkyl halides is 1. The maximum Gasteiger partial charge on any atom is 0.270 e. The van der Waals surface area contributed by atoms with E-state index >= 15 is 0 Å². The minimum absolute atomic E-state index is 0.0172. The third-order valence-electron chi connectivity index (χ3n) is 1.59. The molecule has 0 amide bonds. The largest absolute Gasteiger partial charge is 0.270 e. The van der Waals surface area contributed by atoms with E-state index in [0.717, 1.165) is 0 Å². The van der Waals surface area contributed by atoms with Crippen LogP contribution in [0.3, 0.4) is 0 Å². The van der Waals surface area contributed by atoms with Gasteiger partial charge in [-0.2, -0.15) is 0 Å². The minimum Gasteiger partial charge on any atom is -0.258 e. The van der Waals surface area contributed by atoms with E-state index in [-0.39, 0.29) is 11.6 Å². The number of hydrogen-bond donors (Lipinski definition) is 0. The van der Waals surface area contributed by atoms with E-state index < -0.39 is 4.92 Å². The Hall–Kier alpha value is -1.06. The fraction of sp³-hybridized carbons (Fsp3) is 0.111. The zero-order valence-corrected chi connectivity index (χ0v) is 8.63. The van der Waals surface area contributed by atoms with Crippen LogP contribution in [0.2, 0.25) is 0 Å². The maximum absolute atomic E-state index is 10.5. The fourth-order valence-corrected chi connectivity index (χ4v) is 1.38. The van der Waals surface area contributed by atoms with Crippen LogP contribution >= 0.6 is 23.2 Å². The van der Waals surface area contributed by atoms with Gasteiger partial charge in [-0.25, -0.2) is 0 Å². The van der Waals surface area contributed by atoms with Crippen molar-refractivity contribution >= 4 is 33.9 Å². The van der Waals surface area contributed by atoms with Gasteiger partial charge in [0.05, 0.1) is 4.92 Å². The number of halogens is 2. The van der Waals surface area contributed by atoms with E-state index in [1.54, 1.807) is 18.2 Å². The lowest BCUT2D eigenvalue weighted by Gasteiger charge is -1.98. The van der Waals surface area contributed by atoms with Crippen LogP contribution in [0, 0.1) is 10.1 Å². The SMILES string of the molecule is O=[N+]([O-])c1cccc(C(Cl)=CCCl)c1. The standard InChI is InChI=1S/C9H7Cl2NO2/c10-5-4-9(11)7-2-1-3-8(6-7)12(13)14/h1-4,6H,5H2. The van der Waals surface area contributed by atoms with Crippen molar-refractivity contribution in [2.45, 2.75) is 0 Å². The Bertz CT molecular complexity index is 377. The second-order valence-electron chi connectivity index (χ2n) is 2.51. The van der Waals surface area contributed by atoms with Crippen LogP contribution in [0.4, 0.5) is 5.69 Å². The van der Waals surface area contributed by atoms with E-state index in [1.165, 1.54) is 12.1 Å². The molecule has 5 heteroatoms. The molecular weight excluding hydrogens is 225 g/mol. The van der Waals surface area contributed by atoms with E-state index in [4.69, 9.17) is 23.2 Å². The Morgan fingerprint density at radius 2 is 2.29 bits per heavy atom. The summed E-state index contributed by atoms with van der Waals surface area (Å²) >= 11 is 11.3. The van der Waals surface area contributed by atoms with Gasteiger partial charge in [-0.15, -0.1) is 11.6 Å². The summed E-state index contributed by atoms with van der Waals surface area (Å²) in [5.74, 6) is 0.279. The van der Waals surface area contributed by atoms with E-state index in [0.29, 0.717) is 10.6 Å². The van der Waals surface area contributed by atoms with Crippen LogP contribution in [0.5, 0.6) is 0 Å². The van der Waals surface area contributed by atoms with Gasteiger partial charge in [0, 0.05) is 23.0 Å². The van der Waals surface area contributed by atoms with Gasteiger partial charge in [0.25, 0.3) is 5.69 Å². The van der Waals surface area contributed by atoms with Gasteiger partial charge in [0.1, 0.15) is 0 Å². The summed E-state index contributed by atoms with van der Waals surface area (Å²) in [6.07, 6.45) is 1.59. The van der Waals surface area contributed by atoms with Crippen LogP contribution in [0.1, 0.15) is 5.56 Å². The number of hydrogen-bond acceptors (Lipinski definition) is 2. The van der Waals surface area contributed by atoms with Crippen molar-refractivity contribution in [2.24, 2.45) is 0 Å². The first kappa shape index (κ1) is 11.0. The van der Waals surface area contributed by atoms with Gasteiger partial charge >= 0.3 is 0 Å². The molecule has 74 valence electrons. The minimum atomic E-state index is -0.464. The molecule has 0 heterocycles. The Morgan fingerprint density at radius 1 is 1.57 bits per heavy atom. The number of non-ortho nitro benzene ring substituents is 1. The number of nitrogens with zero attached hydrogens (tertiary/aromatic N) is 1. The molecular formula is C9H7Cl2NO2. The Balaban J connectivity index is 3.05. The highest BCUT2D eigenvalue weighted by atomic mass is 35.5. The molecule has 0 saturated heterocycles. The number of nitro benzene ring substituents is 1. The third-order valence-corrected chi connectivity index (χ3v) is 2.12. The average Bonchev–Trinajstić information content (AvgIpc) is 2.18. The van der Waals surface area contributed by atoms with Gasteiger partial charge < -0.3 is 0 Å². The van der Waals surface area contributed by atoms with Crippen LogP contribution in [0.25, 0.3) is 5.03 Å². The molecule has 0 unspecified atom stereocenters. The second-order valence-corrected chi connectivity index (χ2v) is 3.23. The monoisotopic (exact) mass is 231 g/mol. The molecule has 0 aliphatic carbocycles. The molecule has 14 heavy (non-hydrogen) atoms. The lowest BCUT2D eigenvalue weighted by molar-refractivity contribution is -0.384. The molecule has 0 fully saturated rings. The molecule has 0 N–H and O–H groups in total. The fourth-order valence-electron chi connectivity index (χ4n) is 0.954. The number of rotatable bonds is 3. The molecule has 3 nitrogen and oxygen atoms in total. The maximum atomic E-state index is 10.5. The highest BCUT2D eigenvalue weighted by Gasteiger charge is 2.06. The van der Waals surface area contributed by atoms with E-state index in [1.807, 2.05) is 0 Å². The normalized spacial score (nSPS) is 11.4. The summed E-state index contributed by atoms with van der Waals surface area (Å²) < 4.78 is 0. The van der Waals surface area contributed by atoms with Crippen molar-refractivity contribution in [2.75, 3.05) is 5.88 Å². The molecule has 1 rings (SSSR count). The quantitative estimate of drug-likeness (QED) is 0.455. The molecule has 1 aromatic carbocycles. The van der Waals surface area contributed by atoms with E-state index in [2.05, 4.69) is 0 Å². The predicted octanol–water partition coefficient (Wildman–Crippen LogP) is 3.41. The first-order valence-electron chi connectivity index (χ1n) is 3.81. The number of nitro groups is 1. The average molecular weight is 232 g/mol. The second kappa shape index (κ2) is 4.98. The summed E-state index contributed by atoms with van der Waals surface area (Å²) in [5, 5.41) is 10.9. The summed E-state index contributed by atoms with van der Waals surface area (Å²) in [6, 6.07) is 6.09. The summed E-state index contributed by atoms with van der Waals surface area (Å²) in [5.41, 5.74) is 0.616. The van der Waals surface area contributed by atoms with Crippen molar-refractivity contribution < 1.29 is 4.92 Å². The molecule has 0 aliphatic rings. The van der Waals surface area contributed by atoms with Crippen molar-refractivity contribution in [3.63, 3.8) is 0 Å². The number of allylic oxidation sites excluding steroid dienone is 1. The van der Waals surface area contributed by atoms with Gasteiger partial charge in [-0.05, 0) is 5.56 Å². The zero-order chi connectivity index (χ0) is 10.6. The van der Waals surface area contributed by atoms with Crippen molar-refractivity contribution in [1.82, 2.24) is 0 Å². The van der Waals surface area contributed by atoms with Crippen molar-refractivity contribution in [1.29, 1.82) is 0 Å². The molecule has 0 atom stereocenters. The third kappa shape index (κ3) is 2.72. The van der Waals surface area contributed by atoms with Crippen LogP contribution in [-0.4, -0.2) is 10.8 Å².